The first-order valence-corrected chi connectivity index (χ1v) is 8.10. The van der Waals surface area contributed by atoms with E-state index in [9.17, 15) is 22.8 Å². The summed E-state index contributed by atoms with van der Waals surface area (Å²) >= 11 is 11.6. The number of ether oxygens (including phenoxy) is 2. The van der Waals surface area contributed by atoms with Crippen LogP contribution in [0.2, 0.25) is 10.0 Å². The Morgan fingerprint density at radius 3 is 2.41 bits per heavy atom. The number of carbonyl (C=O) groups excluding carboxylic acids is 2. The van der Waals surface area contributed by atoms with Crippen molar-refractivity contribution in [2.45, 2.75) is 31.3 Å². The zero-order valence-corrected chi connectivity index (χ0v) is 15.4. The largest absolute Gasteiger partial charge is 0.480 e. The third kappa shape index (κ3) is 4.56. The molecule has 27 heavy (non-hydrogen) atoms. The van der Waals surface area contributed by atoms with E-state index in [4.69, 9.17) is 27.9 Å². The maximum atomic E-state index is 13.6. The molecule has 0 fully saturated rings. The molecule has 2 rings (SSSR count). The molecule has 0 radical (unpaired) electrons. The summed E-state index contributed by atoms with van der Waals surface area (Å²) in [5.74, 6) is -6.75. The number of carbonyl (C=O) groups is 2. The van der Waals surface area contributed by atoms with Gasteiger partial charge in [0, 0.05) is 21.7 Å². The molecule has 12 heteroatoms. The van der Waals surface area contributed by atoms with Crippen LogP contribution < -0.4 is 5.32 Å². The van der Waals surface area contributed by atoms with Crippen molar-refractivity contribution < 1.29 is 37.1 Å². The molecule has 0 aliphatic carbocycles. The SMILES string of the molecule is COC(=O)CC(C)NC(=O)C1(C(F)(F)F)ON=C(c2cc(Cl)cc(Cl)c2)O1. The van der Waals surface area contributed by atoms with Crippen LogP contribution in [0.3, 0.4) is 0 Å². The predicted octanol–water partition coefficient (Wildman–Crippen LogP) is 3.03. The van der Waals surface area contributed by atoms with E-state index in [1.54, 1.807) is 0 Å². The van der Waals surface area contributed by atoms with Crippen molar-refractivity contribution in [3.05, 3.63) is 33.8 Å². The number of hydrogen-bond donors (Lipinski definition) is 1. The average molecular weight is 429 g/mol. The number of amides is 1. The van der Waals surface area contributed by atoms with E-state index in [0.717, 1.165) is 7.11 Å². The first kappa shape index (κ1) is 21.1. The topological polar surface area (TPSA) is 86.2 Å². The minimum absolute atomic E-state index is 0.0194. The molecule has 0 spiro atoms. The van der Waals surface area contributed by atoms with Crippen molar-refractivity contribution in [1.82, 2.24) is 5.32 Å². The first-order chi connectivity index (χ1) is 12.5. The standard InChI is InChI=1S/C15H13Cl2F3N2O5/c1-7(3-11(23)25-2)21-13(24)14(15(18,19)20)26-12(22-27-14)8-4-9(16)6-10(17)5-8/h4-7H,3H2,1-2H3,(H,21,24). The van der Waals surface area contributed by atoms with Crippen molar-refractivity contribution in [1.29, 1.82) is 0 Å². The van der Waals surface area contributed by atoms with Gasteiger partial charge in [-0.1, -0.05) is 23.2 Å². The molecule has 0 saturated carbocycles. The lowest BCUT2D eigenvalue weighted by Crippen LogP contribution is -2.60. The second-order valence-electron chi connectivity index (χ2n) is 5.52. The zero-order valence-electron chi connectivity index (χ0n) is 13.9. The number of nitrogens with one attached hydrogen (secondary N) is 1. The molecular formula is C15H13Cl2F3N2O5. The van der Waals surface area contributed by atoms with Gasteiger partial charge < -0.3 is 19.6 Å². The van der Waals surface area contributed by atoms with E-state index < -0.39 is 35.8 Å². The van der Waals surface area contributed by atoms with Gasteiger partial charge in [0.1, 0.15) is 0 Å². The van der Waals surface area contributed by atoms with Gasteiger partial charge >= 0.3 is 23.8 Å². The molecule has 1 aromatic rings. The summed E-state index contributed by atoms with van der Waals surface area (Å²) in [5.41, 5.74) is -0.0194. The summed E-state index contributed by atoms with van der Waals surface area (Å²) in [6, 6.07) is 2.84. The summed E-state index contributed by atoms with van der Waals surface area (Å²) < 4.78 is 49.9. The Kier molecular flexibility index (Phi) is 6.10. The number of oxime groups is 1. The van der Waals surface area contributed by atoms with Crippen molar-refractivity contribution >= 4 is 41.0 Å². The number of hydrogen-bond acceptors (Lipinski definition) is 6. The molecule has 1 amide bonds. The molecule has 1 N–H and O–H groups in total. The average Bonchev–Trinajstić information content (AvgIpc) is 3.00. The van der Waals surface area contributed by atoms with Gasteiger partial charge in [0.2, 0.25) is 0 Å². The Morgan fingerprint density at radius 1 is 1.30 bits per heavy atom. The quantitative estimate of drug-likeness (QED) is 0.728. The van der Waals surface area contributed by atoms with Gasteiger partial charge in [-0.3, -0.25) is 9.59 Å². The fourth-order valence-electron chi connectivity index (χ4n) is 2.10. The highest BCUT2D eigenvalue weighted by molar-refractivity contribution is 6.35. The summed E-state index contributed by atoms with van der Waals surface area (Å²) in [6.45, 7) is 1.31. The number of benzene rings is 1. The van der Waals surface area contributed by atoms with Crippen molar-refractivity contribution in [2.75, 3.05) is 7.11 Å². The van der Waals surface area contributed by atoms with Gasteiger partial charge in [-0.2, -0.15) is 13.2 Å². The number of esters is 1. The number of rotatable bonds is 5. The van der Waals surface area contributed by atoms with E-state index in [1.165, 1.54) is 25.1 Å². The summed E-state index contributed by atoms with van der Waals surface area (Å²) in [5, 5.41) is 5.44. The van der Waals surface area contributed by atoms with Gasteiger partial charge in [-0.15, -0.1) is 0 Å². The van der Waals surface area contributed by atoms with Crippen LogP contribution in [0, 0.1) is 0 Å². The summed E-state index contributed by atoms with van der Waals surface area (Å²) in [6.07, 6.45) is -5.64. The zero-order chi connectivity index (χ0) is 20.4. The van der Waals surface area contributed by atoms with Crippen LogP contribution in [0.15, 0.2) is 23.4 Å². The van der Waals surface area contributed by atoms with Gasteiger partial charge in [-0.05, 0) is 30.3 Å². The van der Waals surface area contributed by atoms with Crippen molar-refractivity contribution in [2.24, 2.45) is 5.16 Å². The van der Waals surface area contributed by atoms with Crippen LogP contribution in [-0.2, 0) is 23.9 Å². The Hall–Kier alpha value is -2.20. The van der Waals surface area contributed by atoms with E-state index in [-0.39, 0.29) is 22.0 Å². The molecule has 1 aromatic carbocycles. The predicted molar refractivity (Wildman–Crippen MR) is 88.2 cm³/mol. The van der Waals surface area contributed by atoms with Crippen LogP contribution in [0.25, 0.3) is 0 Å². The van der Waals surface area contributed by atoms with Gasteiger partial charge in [-0.25, -0.2) is 0 Å². The third-order valence-corrected chi connectivity index (χ3v) is 3.79. The Labute approximate surface area is 161 Å². The van der Waals surface area contributed by atoms with Gasteiger partial charge in [0.25, 0.3) is 5.90 Å². The first-order valence-electron chi connectivity index (χ1n) is 7.34. The van der Waals surface area contributed by atoms with E-state index in [1.807, 2.05) is 5.32 Å². The monoisotopic (exact) mass is 428 g/mol. The number of methoxy groups -OCH3 is 1. The lowest BCUT2D eigenvalue weighted by molar-refractivity contribution is -0.324. The minimum atomic E-state index is -5.28. The van der Waals surface area contributed by atoms with E-state index in [0.29, 0.717) is 0 Å². The summed E-state index contributed by atoms with van der Waals surface area (Å²) in [7, 11) is 1.10. The molecule has 1 heterocycles. The van der Waals surface area contributed by atoms with Crippen LogP contribution >= 0.6 is 23.2 Å². The fraction of sp³-hybridized carbons (Fsp3) is 0.400. The number of alkyl halides is 3. The molecular weight excluding hydrogens is 416 g/mol. The fourth-order valence-corrected chi connectivity index (χ4v) is 2.62. The maximum absolute atomic E-state index is 13.6. The second kappa shape index (κ2) is 7.81. The van der Waals surface area contributed by atoms with Gasteiger partial charge in [0.15, 0.2) is 0 Å². The lowest BCUT2D eigenvalue weighted by Gasteiger charge is -2.27. The van der Waals surface area contributed by atoms with Crippen LogP contribution in [0.5, 0.6) is 0 Å². The third-order valence-electron chi connectivity index (χ3n) is 3.36. The van der Waals surface area contributed by atoms with Crippen LogP contribution in [0.1, 0.15) is 18.9 Å². The number of nitrogens with zero attached hydrogens (tertiary/aromatic N) is 1. The second-order valence-corrected chi connectivity index (χ2v) is 6.39. The molecule has 2 atom stereocenters. The molecule has 0 bridgehead atoms. The lowest BCUT2D eigenvalue weighted by atomic mass is 10.1. The minimum Gasteiger partial charge on any atom is -0.469 e. The van der Waals surface area contributed by atoms with Crippen LogP contribution in [-0.4, -0.2) is 42.9 Å². The van der Waals surface area contributed by atoms with E-state index in [2.05, 4.69) is 14.7 Å². The molecule has 7 nitrogen and oxygen atoms in total. The molecule has 1 aliphatic rings. The van der Waals surface area contributed by atoms with E-state index >= 15 is 0 Å². The maximum Gasteiger partial charge on any atom is 0.480 e. The highest BCUT2D eigenvalue weighted by Gasteiger charge is 2.70. The highest BCUT2D eigenvalue weighted by atomic mass is 35.5. The highest BCUT2D eigenvalue weighted by Crippen LogP contribution is 2.40. The molecule has 148 valence electrons. The normalized spacial score (nSPS) is 20.2. The molecule has 2 unspecified atom stereocenters. The Morgan fingerprint density at radius 2 is 1.89 bits per heavy atom. The Bertz CT molecular complexity index is 767. The summed E-state index contributed by atoms with van der Waals surface area (Å²) in [4.78, 5) is 27.8. The Balaban J connectivity index is 2.24. The molecule has 0 aromatic heterocycles. The number of halogens is 5. The molecule has 0 saturated heterocycles. The van der Waals surface area contributed by atoms with Crippen molar-refractivity contribution in [3.8, 4) is 0 Å². The van der Waals surface area contributed by atoms with Crippen LogP contribution in [0.4, 0.5) is 13.2 Å². The molecule has 1 aliphatic heterocycles. The van der Waals surface area contributed by atoms with Gasteiger partial charge in [0.05, 0.1) is 13.5 Å². The van der Waals surface area contributed by atoms with Crippen molar-refractivity contribution in [3.63, 3.8) is 0 Å². The smallest absolute Gasteiger partial charge is 0.469 e.